The van der Waals surface area contributed by atoms with Crippen LogP contribution >= 0.6 is 0 Å². The van der Waals surface area contributed by atoms with E-state index in [-0.39, 0.29) is 0 Å². The van der Waals surface area contributed by atoms with Gasteiger partial charge in [0, 0.05) is 13.0 Å². The summed E-state index contributed by atoms with van der Waals surface area (Å²) in [4.78, 5) is 0. The maximum atomic E-state index is 5.09. The Bertz CT molecular complexity index is 409. The second kappa shape index (κ2) is 4.64. The third-order valence-corrected chi connectivity index (χ3v) is 2.29. The number of hydrogen-bond donors (Lipinski definition) is 1. The minimum atomic E-state index is 0.801. The molecule has 0 unspecified atom stereocenters. The van der Waals surface area contributed by atoms with Gasteiger partial charge in [0.05, 0.1) is 11.9 Å². The summed E-state index contributed by atoms with van der Waals surface area (Å²) in [6.45, 7) is 2.85. The van der Waals surface area contributed by atoms with Gasteiger partial charge in [0.2, 0.25) is 0 Å². The van der Waals surface area contributed by atoms with Crippen LogP contribution in [0.5, 0.6) is 0 Å². The van der Waals surface area contributed by atoms with Crippen LogP contribution in [-0.4, -0.2) is 5.16 Å². The molecule has 3 nitrogen and oxygen atoms in total. The van der Waals surface area contributed by atoms with E-state index >= 15 is 0 Å². The normalized spacial score (nSPS) is 10.2. The molecule has 0 atom stereocenters. The Morgan fingerprint density at radius 2 is 2.07 bits per heavy atom. The van der Waals surface area contributed by atoms with Gasteiger partial charge in [-0.15, -0.1) is 0 Å². The molecule has 0 aliphatic rings. The average molecular weight is 202 g/mol. The molecule has 0 radical (unpaired) electrons. The van der Waals surface area contributed by atoms with Crippen molar-refractivity contribution in [1.82, 2.24) is 5.16 Å². The van der Waals surface area contributed by atoms with Crippen LogP contribution in [0, 0.1) is 0 Å². The van der Waals surface area contributed by atoms with Gasteiger partial charge >= 0.3 is 0 Å². The molecule has 0 aliphatic carbocycles. The van der Waals surface area contributed by atoms with E-state index in [0.717, 1.165) is 24.4 Å². The first kappa shape index (κ1) is 9.77. The number of nitrogens with one attached hydrogen (secondary N) is 1. The maximum Gasteiger partial charge on any atom is 0.159 e. The van der Waals surface area contributed by atoms with E-state index in [2.05, 4.69) is 22.6 Å². The SMILES string of the molecule is CCc1oncc1NCc1ccccc1. The van der Waals surface area contributed by atoms with Gasteiger partial charge in [0.15, 0.2) is 5.76 Å². The molecular formula is C12H14N2O. The summed E-state index contributed by atoms with van der Waals surface area (Å²) in [6, 6.07) is 10.3. The second-order valence-electron chi connectivity index (χ2n) is 3.36. The number of aromatic nitrogens is 1. The molecule has 1 aromatic carbocycles. The fourth-order valence-corrected chi connectivity index (χ4v) is 1.46. The molecule has 1 N–H and O–H groups in total. The molecule has 3 heteroatoms. The topological polar surface area (TPSA) is 38.1 Å². The number of aryl methyl sites for hydroxylation is 1. The lowest BCUT2D eigenvalue weighted by Gasteiger charge is -2.04. The fourth-order valence-electron chi connectivity index (χ4n) is 1.46. The average Bonchev–Trinajstić information content (AvgIpc) is 2.75. The number of benzene rings is 1. The van der Waals surface area contributed by atoms with E-state index < -0.39 is 0 Å². The zero-order valence-corrected chi connectivity index (χ0v) is 8.73. The molecule has 0 aliphatic heterocycles. The van der Waals surface area contributed by atoms with Crippen molar-refractivity contribution in [3.8, 4) is 0 Å². The van der Waals surface area contributed by atoms with Crippen molar-refractivity contribution in [2.24, 2.45) is 0 Å². The van der Waals surface area contributed by atoms with Gasteiger partial charge in [-0.3, -0.25) is 0 Å². The Morgan fingerprint density at radius 3 is 2.80 bits per heavy atom. The van der Waals surface area contributed by atoms with Crippen molar-refractivity contribution in [1.29, 1.82) is 0 Å². The first-order valence-corrected chi connectivity index (χ1v) is 5.11. The minimum Gasteiger partial charge on any atom is -0.377 e. The molecule has 0 bridgehead atoms. The molecule has 0 saturated carbocycles. The molecule has 0 fully saturated rings. The maximum absolute atomic E-state index is 5.09. The van der Waals surface area contributed by atoms with Crippen molar-refractivity contribution in [3.63, 3.8) is 0 Å². The highest BCUT2D eigenvalue weighted by Gasteiger charge is 2.04. The van der Waals surface area contributed by atoms with Crippen LogP contribution in [0.1, 0.15) is 18.2 Å². The summed E-state index contributed by atoms with van der Waals surface area (Å²) in [5, 5.41) is 7.07. The number of nitrogens with zero attached hydrogens (tertiary/aromatic N) is 1. The van der Waals surface area contributed by atoms with Gasteiger partial charge in [-0.25, -0.2) is 0 Å². The van der Waals surface area contributed by atoms with Crippen LogP contribution in [0.2, 0.25) is 0 Å². The largest absolute Gasteiger partial charge is 0.377 e. The van der Waals surface area contributed by atoms with E-state index in [4.69, 9.17) is 4.52 Å². The van der Waals surface area contributed by atoms with E-state index in [0.29, 0.717) is 0 Å². The van der Waals surface area contributed by atoms with Crippen LogP contribution in [0.15, 0.2) is 41.1 Å². The highest BCUT2D eigenvalue weighted by Crippen LogP contribution is 2.15. The monoisotopic (exact) mass is 202 g/mol. The van der Waals surface area contributed by atoms with Crippen LogP contribution in [0.25, 0.3) is 0 Å². The molecule has 78 valence electrons. The van der Waals surface area contributed by atoms with Gasteiger partial charge in [0.25, 0.3) is 0 Å². The standard InChI is InChI=1S/C12H14N2O/c1-2-12-11(9-14-15-12)13-8-10-6-4-3-5-7-10/h3-7,9,13H,2,8H2,1H3. The predicted octanol–water partition coefficient (Wildman–Crippen LogP) is 2.85. The molecular weight excluding hydrogens is 188 g/mol. The lowest BCUT2D eigenvalue weighted by Crippen LogP contribution is -1.99. The van der Waals surface area contributed by atoms with Gasteiger partial charge in [0.1, 0.15) is 0 Å². The van der Waals surface area contributed by atoms with Gasteiger partial charge < -0.3 is 9.84 Å². The van der Waals surface area contributed by atoms with Crippen molar-refractivity contribution in [2.75, 3.05) is 5.32 Å². The summed E-state index contributed by atoms with van der Waals surface area (Å²) in [5.74, 6) is 0.908. The molecule has 2 aromatic rings. The summed E-state index contributed by atoms with van der Waals surface area (Å²) < 4.78 is 5.09. The minimum absolute atomic E-state index is 0.801. The summed E-state index contributed by atoms with van der Waals surface area (Å²) in [5.41, 5.74) is 2.24. The molecule has 0 saturated heterocycles. The highest BCUT2D eigenvalue weighted by molar-refractivity contribution is 5.44. The van der Waals surface area contributed by atoms with E-state index in [9.17, 15) is 0 Å². The van der Waals surface area contributed by atoms with E-state index in [1.807, 2.05) is 25.1 Å². The third-order valence-electron chi connectivity index (χ3n) is 2.29. The summed E-state index contributed by atoms with van der Waals surface area (Å²) in [7, 11) is 0. The Morgan fingerprint density at radius 1 is 1.27 bits per heavy atom. The van der Waals surface area contributed by atoms with E-state index in [1.54, 1.807) is 6.20 Å². The van der Waals surface area contributed by atoms with E-state index in [1.165, 1.54) is 5.56 Å². The predicted molar refractivity (Wildman–Crippen MR) is 59.6 cm³/mol. The summed E-state index contributed by atoms with van der Waals surface area (Å²) >= 11 is 0. The molecule has 0 amide bonds. The Kier molecular flexibility index (Phi) is 3.02. The zero-order chi connectivity index (χ0) is 10.5. The van der Waals surface area contributed by atoms with Crippen molar-refractivity contribution in [3.05, 3.63) is 47.9 Å². The van der Waals surface area contributed by atoms with Crippen molar-refractivity contribution in [2.45, 2.75) is 19.9 Å². The molecule has 15 heavy (non-hydrogen) atoms. The number of hydrogen-bond acceptors (Lipinski definition) is 3. The van der Waals surface area contributed by atoms with Gasteiger partial charge in [-0.2, -0.15) is 0 Å². The van der Waals surface area contributed by atoms with Crippen LogP contribution in [0.4, 0.5) is 5.69 Å². The lowest BCUT2D eigenvalue weighted by atomic mass is 10.2. The van der Waals surface area contributed by atoms with Crippen LogP contribution in [0.3, 0.4) is 0 Å². The Balaban J connectivity index is 1.99. The number of anilines is 1. The third kappa shape index (κ3) is 2.37. The van der Waals surface area contributed by atoms with Gasteiger partial charge in [-0.05, 0) is 5.56 Å². The van der Waals surface area contributed by atoms with Gasteiger partial charge in [-0.1, -0.05) is 42.4 Å². The molecule has 2 rings (SSSR count). The molecule has 1 aromatic heterocycles. The first-order valence-electron chi connectivity index (χ1n) is 5.11. The summed E-state index contributed by atoms with van der Waals surface area (Å²) in [6.07, 6.45) is 2.58. The molecule has 1 heterocycles. The Hall–Kier alpha value is -1.77. The highest BCUT2D eigenvalue weighted by atomic mass is 16.5. The fraction of sp³-hybridized carbons (Fsp3) is 0.250. The Labute approximate surface area is 89.1 Å². The first-order chi connectivity index (χ1) is 7.40. The zero-order valence-electron chi connectivity index (χ0n) is 8.73. The second-order valence-corrected chi connectivity index (χ2v) is 3.36. The van der Waals surface area contributed by atoms with Crippen molar-refractivity contribution >= 4 is 5.69 Å². The van der Waals surface area contributed by atoms with Crippen LogP contribution in [-0.2, 0) is 13.0 Å². The molecule has 0 spiro atoms. The van der Waals surface area contributed by atoms with Crippen molar-refractivity contribution < 1.29 is 4.52 Å². The number of rotatable bonds is 4. The quantitative estimate of drug-likeness (QED) is 0.828. The lowest BCUT2D eigenvalue weighted by molar-refractivity contribution is 0.387. The van der Waals surface area contributed by atoms with Crippen LogP contribution < -0.4 is 5.32 Å². The smallest absolute Gasteiger partial charge is 0.159 e.